The number of furan rings is 1. The molecule has 1 aliphatic carbocycles. The van der Waals surface area contributed by atoms with Crippen LogP contribution in [-0.4, -0.2) is 14.8 Å². The SMILES string of the molecule is Clc1ccc(CSc2nnc(C3CC3)n2Cc2ccco2)s1. The lowest BCUT2D eigenvalue weighted by Gasteiger charge is -2.07. The second-order valence-corrected chi connectivity index (χ2v) is 8.02. The minimum atomic E-state index is 0.563. The zero-order valence-electron chi connectivity index (χ0n) is 11.7. The van der Waals surface area contributed by atoms with Gasteiger partial charge in [-0.15, -0.1) is 21.5 Å². The van der Waals surface area contributed by atoms with Crippen molar-refractivity contribution >= 4 is 34.7 Å². The van der Waals surface area contributed by atoms with Gasteiger partial charge >= 0.3 is 0 Å². The Labute approximate surface area is 141 Å². The normalized spacial score (nSPS) is 14.6. The highest BCUT2D eigenvalue weighted by atomic mass is 35.5. The van der Waals surface area contributed by atoms with Crippen LogP contribution in [-0.2, 0) is 12.3 Å². The third-order valence-corrected chi connectivity index (χ3v) is 5.98. The Morgan fingerprint density at radius 3 is 2.91 bits per heavy atom. The molecule has 0 unspecified atom stereocenters. The first kappa shape index (κ1) is 14.4. The molecule has 0 atom stereocenters. The van der Waals surface area contributed by atoms with E-state index >= 15 is 0 Å². The molecule has 0 N–H and O–H groups in total. The van der Waals surface area contributed by atoms with Crippen LogP contribution in [0, 0.1) is 0 Å². The number of rotatable bonds is 6. The maximum absolute atomic E-state index is 5.99. The molecule has 3 aromatic heterocycles. The summed E-state index contributed by atoms with van der Waals surface area (Å²) in [6, 6.07) is 7.90. The predicted molar refractivity (Wildman–Crippen MR) is 88.7 cm³/mol. The van der Waals surface area contributed by atoms with Crippen LogP contribution in [0.5, 0.6) is 0 Å². The number of hydrogen-bond donors (Lipinski definition) is 0. The van der Waals surface area contributed by atoms with Crippen LogP contribution >= 0.6 is 34.7 Å². The van der Waals surface area contributed by atoms with E-state index < -0.39 is 0 Å². The van der Waals surface area contributed by atoms with Crippen molar-refractivity contribution in [3.8, 4) is 0 Å². The van der Waals surface area contributed by atoms with Gasteiger partial charge < -0.3 is 4.42 Å². The highest BCUT2D eigenvalue weighted by molar-refractivity contribution is 7.98. The molecule has 7 heteroatoms. The van der Waals surface area contributed by atoms with Gasteiger partial charge in [0.25, 0.3) is 0 Å². The molecule has 1 aliphatic rings. The zero-order chi connectivity index (χ0) is 14.9. The van der Waals surface area contributed by atoms with Gasteiger partial charge in [0.1, 0.15) is 11.6 Å². The average Bonchev–Trinajstić information content (AvgIpc) is 2.91. The van der Waals surface area contributed by atoms with Crippen LogP contribution in [0.2, 0.25) is 4.34 Å². The van der Waals surface area contributed by atoms with Crippen LogP contribution in [0.15, 0.2) is 40.1 Å². The Kier molecular flexibility index (Phi) is 3.98. The van der Waals surface area contributed by atoms with Crippen molar-refractivity contribution in [2.75, 3.05) is 0 Å². The Balaban J connectivity index is 1.55. The fourth-order valence-electron chi connectivity index (χ4n) is 2.32. The van der Waals surface area contributed by atoms with E-state index in [9.17, 15) is 0 Å². The lowest BCUT2D eigenvalue weighted by molar-refractivity contribution is 0.478. The van der Waals surface area contributed by atoms with Gasteiger partial charge in [0.15, 0.2) is 5.16 Å². The number of hydrogen-bond acceptors (Lipinski definition) is 5. The molecule has 4 rings (SSSR count). The molecule has 1 saturated carbocycles. The molecule has 0 radical (unpaired) electrons. The van der Waals surface area contributed by atoms with Crippen LogP contribution in [0.4, 0.5) is 0 Å². The molecule has 0 amide bonds. The summed E-state index contributed by atoms with van der Waals surface area (Å²) in [7, 11) is 0. The minimum absolute atomic E-state index is 0.563. The van der Waals surface area contributed by atoms with Crippen molar-refractivity contribution in [1.82, 2.24) is 14.8 Å². The quantitative estimate of drug-likeness (QED) is 0.598. The summed E-state index contributed by atoms with van der Waals surface area (Å²) in [6.07, 6.45) is 4.12. The number of nitrogens with zero attached hydrogens (tertiary/aromatic N) is 3. The number of thiophene rings is 1. The lowest BCUT2D eigenvalue weighted by atomic mass is 10.3. The average molecular weight is 352 g/mol. The largest absolute Gasteiger partial charge is 0.467 e. The summed E-state index contributed by atoms with van der Waals surface area (Å²) in [6.45, 7) is 0.694. The minimum Gasteiger partial charge on any atom is -0.467 e. The molecule has 0 aliphatic heterocycles. The van der Waals surface area contributed by atoms with E-state index in [2.05, 4.69) is 20.8 Å². The third kappa shape index (κ3) is 3.09. The molecule has 3 aromatic rings. The summed E-state index contributed by atoms with van der Waals surface area (Å²) in [4.78, 5) is 1.25. The first-order valence-electron chi connectivity index (χ1n) is 7.12. The Morgan fingerprint density at radius 2 is 2.23 bits per heavy atom. The van der Waals surface area contributed by atoms with Crippen molar-refractivity contribution in [3.63, 3.8) is 0 Å². The molecular weight excluding hydrogens is 338 g/mol. The van der Waals surface area contributed by atoms with Gasteiger partial charge in [0.2, 0.25) is 0 Å². The van der Waals surface area contributed by atoms with Gasteiger partial charge in [-0.3, -0.25) is 4.57 Å². The third-order valence-electron chi connectivity index (χ3n) is 3.55. The van der Waals surface area contributed by atoms with Crippen LogP contribution in [0.25, 0.3) is 0 Å². The second-order valence-electron chi connectivity index (χ2n) is 5.28. The van der Waals surface area contributed by atoms with E-state index in [0.29, 0.717) is 12.5 Å². The van der Waals surface area contributed by atoms with Crippen LogP contribution in [0.1, 0.15) is 35.2 Å². The Hall–Kier alpha value is -1.24. The highest BCUT2D eigenvalue weighted by Crippen LogP contribution is 2.40. The monoisotopic (exact) mass is 351 g/mol. The first-order chi connectivity index (χ1) is 10.8. The fourth-order valence-corrected chi connectivity index (χ4v) is 4.40. The van der Waals surface area contributed by atoms with E-state index in [-0.39, 0.29) is 0 Å². The van der Waals surface area contributed by atoms with E-state index in [0.717, 1.165) is 26.8 Å². The maximum Gasteiger partial charge on any atom is 0.192 e. The molecule has 1 fully saturated rings. The molecule has 0 spiro atoms. The van der Waals surface area contributed by atoms with Crippen molar-refractivity contribution in [3.05, 3.63) is 51.3 Å². The summed E-state index contributed by atoms with van der Waals surface area (Å²) < 4.78 is 8.50. The molecule has 22 heavy (non-hydrogen) atoms. The fraction of sp³-hybridized carbons (Fsp3) is 0.333. The molecule has 4 nitrogen and oxygen atoms in total. The molecular formula is C15H14ClN3OS2. The van der Waals surface area contributed by atoms with Crippen molar-refractivity contribution < 1.29 is 4.42 Å². The molecule has 0 bridgehead atoms. The Morgan fingerprint density at radius 1 is 1.32 bits per heavy atom. The maximum atomic E-state index is 5.99. The van der Waals surface area contributed by atoms with Gasteiger partial charge in [-0.2, -0.15) is 0 Å². The molecule has 114 valence electrons. The predicted octanol–water partition coefficient (Wildman–Crippen LogP) is 4.80. The second kappa shape index (κ2) is 6.10. The summed E-state index contributed by atoms with van der Waals surface area (Å²) in [5.41, 5.74) is 0. The van der Waals surface area contributed by atoms with Gasteiger partial charge in [0, 0.05) is 16.5 Å². The van der Waals surface area contributed by atoms with Crippen LogP contribution in [0.3, 0.4) is 0 Å². The topological polar surface area (TPSA) is 43.9 Å². The van der Waals surface area contributed by atoms with Crippen LogP contribution < -0.4 is 0 Å². The summed E-state index contributed by atoms with van der Waals surface area (Å²) in [5, 5.41) is 9.74. The summed E-state index contributed by atoms with van der Waals surface area (Å²) >= 11 is 9.30. The zero-order valence-corrected chi connectivity index (χ0v) is 14.1. The van der Waals surface area contributed by atoms with Gasteiger partial charge in [-0.25, -0.2) is 0 Å². The first-order valence-corrected chi connectivity index (χ1v) is 9.30. The van der Waals surface area contributed by atoms with E-state index in [1.54, 1.807) is 29.4 Å². The van der Waals surface area contributed by atoms with E-state index in [1.807, 2.05) is 18.2 Å². The van der Waals surface area contributed by atoms with E-state index in [1.165, 1.54) is 17.7 Å². The van der Waals surface area contributed by atoms with Crippen molar-refractivity contribution in [2.45, 2.75) is 36.2 Å². The molecule has 3 heterocycles. The number of aromatic nitrogens is 3. The number of thioether (sulfide) groups is 1. The number of halogens is 1. The smallest absolute Gasteiger partial charge is 0.192 e. The molecule has 0 saturated heterocycles. The Bertz CT molecular complexity index is 762. The van der Waals surface area contributed by atoms with Gasteiger partial charge in [-0.1, -0.05) is 23.4 Å². The van der Waals surface area contributed by atoms with Crippen molar-refractivity contribution in [2.24, 2.45) is 0 Å². The highest BCUT2D eigenvalue weighted by Gasteiger charge is 2.30. The summed E-state index contributed by atoms with van der Waals surface area (Å²) in [5.74, 6) is 3.44. The molecule has 0 aromatic carbocycles. The lowest BCUT2D eigenvalue weighted by Crippen LogP contribution is -2.05. The van der Waals surface area contributed by atoms with Gasteiger partial charge in [0.05, 0.1) is 17.1 Å². The van der Waals surface area contributed by atoms with E-state index in [4.69, 9.17) is 16.0 Å². The van der Waals surface area contributed by atoms with Gasteiger partial charge in [-0.05, 0) is 37.1 Å². The standard InChI is InChI=1S/C15H14ClN3OS2/c16-13-6-5-12(22-13)9-21-15-18-17-14(10-3-4-10)19(15)8-11-2-1-7-20-11/h1-2,5-7,10H,3-4,8-9H2. The van der Waals surface area contributed by atoms with Crippen molar-refractivity contribution in [1.29, 1.82) is 0 Å².